The first kappa shape index (κ1) is 25.0. The van der Waals surface area contributed by atoms with Crippen molar-refractivity contribution in [1.29, 1.82) is 0 Å². The number of aliphatic hydroxyl groups excluding tert-OH is 1. The fourth-order valence-corrected chi connectivity index (χ4v) is 5.36. The molecule has 0 spiro atoms. The molecule has 2 aromatic carbocycles. The Morgan fingerprint density at radius 1 is 1.03 bits per heavy atom. The first-order valence-electron chi connectivity index (χ1n) is 12.5. The molecule has 2 aromatic rings. The molecule has 4 rings (SSSR count). The van der Waals surface area contributed by atoms with E-state index < -0.39 is 0 Å². The van der Waals surface area contributed by atoms with Crippen molar-refractivity contribution in [2.45, 2.75) is 51.0 Å². The van der Waals surface area contributed by atoms with Gasteiger partial charge in [-0.05, 0) is 98.2 Å². The number of hydrogen-bond donors (Lipinski definition) is 1. The van der Waals surface area contributed by atoms with Gasteiger partial charge in [0.25, 0.3) is 0 Å². The number of rotatable bonds is 10. The summed E-state index contributed by atoms with van der Waals surface area (Å²) in [6.07, 6.45) is 11.6. The first-order chi connectivity index (χ1) is 16.7. The lowest BCUT2D eigenvalue weighted by molar-refractivity contribution is 0.166. The van der Waals surface area contributed by atoms with E-state index in [-0.39, 0.29) is 6.61 Å². The summed E-state index contributed by atoms with van der Waals surface area (Å²) < 4.78 is 7.26. The van der Waals surface area contributed by atoms with Gasteiger partial charge < -0.3 is 14.7 Å². The minimum absolute atomic E-state index is 0.192. The van der Waals surface area contributed by atoms with Gasteiger partial charge in [0.15, 0.2) is 0 Å². The Labute approximate surface area is 213 Å². The Morgan fingerprint density at radius 2 is 1.82 bits per heavy atom. The summed E-state index contributed by atoms with van der Waals surface area (Å²) in [4.78, 5) is 2.46. The Bertz CT molecular complexity index is 1020. The number of ether oxygens (including phenoxy) is 1. The van der Waals surface area contributed by atoms with Gasteiger partial charge >= 0.3 is 0 Å². The highest BCUT2D eigenvalue weighted by Crippen LogP contribution is 2.39. The van der Waals surface area contributed by atoms with Crippen molar-refractivity contribution in [3.8, 4) is 0 Å². The van der Waals surface area contributed by atoms with Crippen molar-refractivity contribution in [3.05, 3.63) is 93.7 Å². The maximum absolute atomic E-state index is 9.60. The van der Waals surface area contributed by atoms with Crippen LogP contribution in [0.15, 0.2) is 82.6 Å². The molecule has 1 aliphatic heterocycles. The van der Waals surface area contributed by atoms with E-state index in [4.69, 9.17) is 4.74 Å². The summed E-state index contributed by atoms with van der Waals surface area (Å²) in [5.74, 6) is 1.09. The predicted octanol–water partition coefficient (Wildman–Crippen LogP) is 7.24. The highest BCUT2D eigenvalue weighted by atomic mass is 79.9. The second-order valence-corrected chi connectivity index (χ2v) is 10.2. The zero-order valence-electron chi connectivity index (χ0n) is 20.2. The molecular weight excluding hydrogens is 486 g/mol. The minimum Gasteiger partial charge on any atom is -0.498 e. The molecule has 0 radical (unpaired) electrons. The lowest BCUT2D eigenvalue weighted by Crippen LogP contribution is -2.26. The Hall–Kier alpha value is -2.14. The number of benzene rings is 2. The number of likely N-dealkylation sites (tertiary alicyclic amines) is 1. The molecule has 1 aliphatic carbocycles. The molecule has 0 saturated carbocycles. The van der Waals surface area contributed by atoms with E-state index in [0.29, 0.717) is 6.04 Å². The lowest BCUT2D eigenvalue weighted by Gasteiger charge is -2.23. The van der Waals surface area contributed by atoms with E-state index in [0.717, 1.165) is 48.9 Å². The molecule has 0 bridgehead atoms. The summed E-state index contributed by atoms with van der Waals surface area (Å²) in [5, 5.41) is 9.60. The third kappa shape index (κ3) is 6.50. The molecule has 1 unspecified atom stereocenters. The third-order valence-electron chi connectivity index (χ3n) is 6.98. The molecule has 3 nitrogen and oxygen atoms in total. The summed E-state index contributed by atoms with van der Waals surface area (Å²) in [6, 6.07) is 19.9. The van der Waals surface area contributed by atoms with E-state index in [1.807, 2.05) is 0 Å². The average molecular weight is 523 g/mol. The van der Waals surface area contributed by atoms with Crippen molar-refractivity contribution in [2.24, 2.45) is 0 Å². The third-order valence-corrected chi connectivity index (χ3v) is 7.51. The standard InChI is InChI=1S/C30H36BrNO2/c1-32-20-5-9-27(32)19-22-34-28-17-13-25(14-18-28)30(24-11-15-26(31)16-12-24)29(10-6-21-33)23-7-3-2-4-8-23/h2-4,7-8,11-13,15-17,27,33H,5-6,9-10,14,18-22H2,1H3/b30-29-. The molecule has 4 heteroatoms. The van der Waals surface area contributed by atoms with Gasteiger partial charge in [-0.15, -0.1) is 0 Å². The zero-order chi connectivity index (χ0) is 23.8. The smallest absolute Gasteiger partial charge is 0.0963 e. The van der Waals surface area contributed by atoms with Crippen molar-refractivity contribution in [2.75, 3.05) is 26.8 Å². The first-order valence-corrected chi connectivity index (χ1v) is 13.3. The molecule has 1 N–H and O–H groups in total. The second-order valence-electron chi connectivity index (χ2n) is 9.29. The van der Waals surface area contributed by atoms with Crippen molar-refractivity contribution in [1.82, 2.24) is 4.90 Å². The van der Waals surface area contributed by atoms with Gasteiger partial charge in [0.05, 0.1) is 12.4 Å². The topological polar surface area (TPSA) is 32.7 Å². The van der Waals surface area contributed by atoms with Crippen LogP contribution in [-0.4, -0.2) is 42.9 Å². The molecule has 180 valence electrons. The maximum Gasteiger partial charge on any atom is 0.0963 e. The van der Waals surface area contributed by atoms with Gasteiger partial charge in [-0.2, -0.15) is 0 Å². The van der Waals surface area contributed by atoms with Gasteiger partial charge in [0, 0.05) is 23.5 Å². The zero-order valence-corrected chi connectivity index (χ0v) is 21.8. The fraction of sp³-hybridized carbons (Fsp3) is 0.400. The number of allylic oxidation sites excluding steroid dienone is 6. The molecule has 1 atom stereocenters. The van der Waals surface area contributed by atoms with Crippen molar-refractivity contribution in [3.63, 3.8) is 0 Å². The van der Waals surface area contributed by atoms with Crippen LogP contribution in [0.5, 0.6) is 0 Å². The van der Waals surface area contributed by atoms with Crippen LogP contribution in [0.25, 0.3) is 11.1 Å². The minimum atomic E-state index is 0.192. The number of nitrogens with zero attached hydrogens (tertiary/aromatic N) is 1. The van der Waals surface area contributed by atoms with Crippen LogP contribution in [0.4, 0.5) is 0 Å². The van der Waals surface area contributed by atoms with Crippen LogP contribution < -0.4 is 0 Å². The molecule has 1 saturated heterocycles. The maximum atomic E-state index is 9.60. The predicted molar refractivity (Wildman–Crippen MR) is 145 cm³/mol. The molecule has 2 aliphatic rings. The van der Waals surface area contributed by atoms with Crippen LogP contribution in [0.2, 0.25) is 0 Å². The summed E-state index contributed by atoms with van der Waals surface area (Å²) in [6.45, 7) is 2.20. The van der Waals surface area contributed by atoms with E-state index >= 15 is 0 Å². The van der Waals surface area contributed by atoms with E-state index in [9.17, 15) is 5.11 Å². The highest BCUT2D eigenvalue weighted by Gasteiger charge is 2.21. The fourth-order valence-electron chi connectivity index (χ4n) is 5.10. The number of aliphatic hydroxyl groups is 1. The Balaban J connectivity index is 1.61. The Kier molecular flexibility index (Phi) is 9.20. The highest BCUT2D eigenvalue weighted by molar-refractivity contribution is 9.10. The molecule has 1 heterocycles. The largest absolute Gasteiger partial charge is 0.498 e. The quantitative estimate of drug-likeness (QED) is 0.334. The SMILES string of the molecule is CN1CCCC1CCOC1=CC=C(/C(=C(/CCCO)c2ccccc2)c2ccc(Br)cc2)CC1. The number of hydrogen-bond acceptors (Lipinski definition) is 3. The molecule has 34 heavy (non-hydrogen) atoms. The van der Waals surface area contributed by atoms with E-state index in [2.05, 4.69) is 94.6 Å². The monoisotopic (exact) mass is 521 g/mol. The van der Waals surface area contributed by atoms with Crippen LogP contribution in [0, 0.1) is 0 Å². The molecular formula is C30H36BrNO2. The van der Waals surface area contributed by atoms with Gasteiger partial charge in [0.2, 0.25) is 0 Å². The van der Waals surface area contributed by atoms with Crippen molar-refractivity contribution < 1.29 is 9.84 Å². The molecule has 0 amide bonds. The lowest BCUT2D eigenvalue weighted by atomic mass is 9.84. The van der Waals surface area contributed by atoms with Gasteiger partial charge in [-0.3, -0.25) is 0 Å². The van der Waals surface area contributed by atoms with Crippen LogP contribution in [0.3, 0.4) is 0 Å². The van der Waals surface area contributed by atoms with Gasteiger partial charge in [-0.25, -0.2) is 0 Å². The van der Waals surface area contributed by atoms with Gasteiger partial charge in [-0.1, -0.05) is 64.5 Å². The van der Waals surface area contributed by atoms with Crippen LogP contribution in [0.1, 0.15) is 56.1 Å². The second kappa shape index (κ2) is 12.5. The summed E-state index contributed by atoms with van der Waals surface area (Å²) in [5.41, 5.74) is 6.36. The van der Waals surface area contributed by atoms with Crippen LogP contribution >= 0.6 is 15.9 Å². The van der Waals surface area contributed by atoms with Crippen LogP contribution in [-0.2, 0) is 4.74 Å². The van der Waals surface area contributed by atoms with Crippen molar-refractivity contribution >= 4 is 27.1 Å². The molecule has 1 fully saturated rings. The summed E-state index contributed by atoms with van der Waals surface area (Å²) in [7, 11) is 2.23. The summed E-state index contributed by atoms with van der Waals surface area (Å²) >= 11 is 3.58. The average Bonchev–Trinajstić information content (AvgIpc) is 3.28. The normalized spacial score (nSPS) is 19.4. The van der Waals surface area contributed by atoms with E-state index in [1.165, 1.54) is 47.2 Å². The molecule has 0 aromatic heterocycles. The van der Waals surface area contributed by atoms with E-state index in [1.54, 1.807) is 0 Å². The van der Waals surface area contributed by atoms with Gasteiger partial charge in [0.1, 0.15) is 0 Å². The Morgan fingerprint density at radius 3 is 2.47 bits per heavy atom. The number of halogens is 1.